The van der Waals surface area contributed by atoms with Crippen molar-refractivity contribution in [1.29, 1.82) is 0 Å². The van der Waals surface area contributed by atoms with Gasteiger partial charge >= 0.3 is 0 Å². The van der Waals surface area contributed by atoms with Crippen molar-refractivity contribution in [2.75, 3.05) is 0 Å². The Labute approximate surface area is 111 Å². The molecule has 18 heavy (non-hydrogen) atoms. The Kier molecular flexibility index (Phi) is 3.37. The van der Waals surface area contributed by atoms with E-state index >= 15 is 0 Å². The Hall–Kier alpha value is -1.67. The van der Waals surface area contributed by atoms with Crippen LogP contribution in [0.15, 0.2) is 70.7 Å². The first kappa shape index (κ1) is 11.4. The number of rotatable bonds is 2. The summed E-state index contributed by atoms with van der Waals surface area (Å²) in [4.78, 5) is 1.21. The topological polar surface area (TPSA) is 9.23 Å². The van der Waals surface area contributed by atoms with Gasteiger partial charge in [0.2, 0.25) is 0 Å². The fourth-order valence-electron chi connectivity index (χ4n) is 1.97. The standard InChI is InChI=1S/C16H14OS/c1-2-9-14(10-3-1)18-16-12-6-8-13-7-4-5-11-15(13)17-16/h1-5,7,9-12H,6,8H2. The fourth-order valence-corrected chi connectivity index (χ4v) is 2.83. The van der Waals surface area contributed by atoms with E-state index in [1.165, 1.54) is 10.5 Å². The lowest BCUT2D eigenvalue weighted by Crippen LogP contribution is -1.91. The van der Waals surface area contributed by atoms with Gasteiger partial charge in [0.1, 0.15) is 5.75 Å². The third-order valence-electron chi connectivity index (χ3n) is 2.87. The molecule has 1 nitrogen and oxygen atoms in total. The molecule has 2 aromatic rings. The van der Waals surface area contributed by atoms with Gasteiger partial charge < -0.3 is 4.74 Å². The van der Waals surface area contributed by atoms with Crippen LogP contribution in [-0.2, 0) is 6.42 Å². The van der Waals surface area contributed by atoms with Crippen molar-refractivity contribution in [3.63, 3.8) is 0 Å². The third-order valence-corrected chi connectivity index (χ3v) is 3.83. The smallest absolute Gasteiger partial charge is 0.161 e. The number of para-hydroxylation sites is 1. The van der Waals surface area contributed by atoms with E-state index in [4.69, 9.17) is 4.74 Å². The van der Waals surface area contributed by atoms with Crippen LogP contribution < -0.4 is 4.74 Å². The van der Waals surface area contributed by atoms with Crippen molar-refractivity contribution in [2.45, 2.75) is 17.7 Å². The highest BCUT2D eigenvalue weighted by molar-refractivity contribution is 8.02. The van der Waals surface area contributed by atoms with Gasteiger partial charge in [-0.1, -0.05) is 48.2 Å². The second kappa shape index (κ2) is 5.32. The number of thioether (sulfide) groups is 1. The van der Waals surface area contributed by atoms with Crippen LogP contribution >= 0.6 is 11.8 Å². The summed E-state index contributed by atoms with van der Waals surface area (Å²) in [5, 5.41) is 0.978. The largest absolute Gasteiger partial charge is 0.450 e. The van der Waals surface area contributed by atoms with Gasteiger partial charge in [0, 0.05) is 4.90 Å². The third kappa shape index (κ3) is 2.59. The Morgan fingerprint density at radius 3 is 2.56 bits per heavy atom. The molecule has 0 aromatic heterocycles. The van der Waals surface area contributed by atoms with E-state index < -0.39 is 0 Å². The molecule has 0 saturated heterocycles. The summed E-state index contributed by atoms with van der Waals surface area (Å²) in [6, 6.07) is 18.6. The lowest BCUT2D eigenvalue weighted by molar-refractivity contribution is 0.464. The Balaban J connectivity index is 1.81. The molecule has 0 spiro atoms. The number of hydrogen-bond donors (Lipinski definition) is 0. The zero-order chi connectivity index (χ0) is 12.2. The fraction of sp³-hybridized carbons (Fsp3) is 0.125. The normalized spacial score (nSPS) is 14.1. The molecule has 0 unspecified atom stereocenters. The minimum atomic E-state index is 0.978. The van der Waals surface area contributed by atoms with E-state index in [-0.39, 0.29) is 0 Å². The van der Waals surface area contributed by atoms with Crippen LogP contribution in [0.2, 0.25) is 0 Å². The van der Waals surface area contributed by atoms with Crippen LogP contribution in [-0.4, -0.2) is 0 Å². The van der Waals surface area contributed by atoms with Gasteiger partial charge in [-0.3, -0.25) is 0 Å². The monoisotopic (exact) mass is 254 g/mol. The van der Waals surface area contributed by atoms with E-state index in [0.29, 0.717) is 0 Å². The first-order valence-corrected chi connectivity index (χ1v) is 6.92. The number of benzene rings is 2. The van der Waals surface area contributed by atoms with Gasteiger partial charge in [-0.2, -0.15) is 0 Å². The highest BCUT2D eigenvalue weighted by Crippen LogP contribution is 2.33. The molecule has 3 rings (SSSR count). The zero-order valence-corrected chi connectivity index (χ0v) is 10.8. The Bertz CT molecular complexity index is 560. The molecule has 0 N–H and O–H groups in total. The molecular formula is C16H14OS. The molecule has 0 bridgehead atoms. The zero-order valence-electron chi connectivity index (χ0n) is 10.0. The summed E-state index contributed by atoms with van der Waals surface area (Å²) in [6.45, 7) is 0. The molecule has 1 heterocycles. The van der Waals surface area contributed by atoms with Gasteiger partial charge in [-0.05, 0) is 42.7 Å². The quantitative estimate of drug-likeness (QED) is 0.771. The van der Waals surface area contributed by atoms with Crippen molar-refractivity contribution >= 4 is 11.8 Å². The van der Waals surface area contributed by atoms with Crippen LogP contribution in [0.25, 0.3) is 0 Å². The number of ether oxygens (including phenoxy) is 1. The van der Waals surface area contributed by atoms with Gasteiger partial charge in [0.05, 0.1) is 0 Å². The van der Waals surface area contributed by atoms with Crippen molar-refractivity contribution in [3.05, 3.63) is 71.3 Å². The van der Waals surface area contributed by atoms with Crippen LogP contribution in [0.4, 0.5) is 0 Å². The maximum Gasteiger partial charge on any atom is 0.161 e. The molecule has 0 atom stereocenters. The highest BCUT2D eigenvalue weighted by Gasteiger charge is 2.11. The van der Waals surface area contributed by atoms with Crippen LogP contribution in [0, 0.1) is 0 Å². The molecule has 0 amide bonds. The van der Waals surface area contributed by atoms with Gasteiger partial charge in [-0.15, -0.1) is 0 Å². The SMILES string of the molecule is C1=C(Sc2ccccc2)Oc2ccccc2CC1. The number of fused-ring (bicyclic) bond motifs is 1. The molecule has 1 aliphatic rings. The second-order valence-electron chi connectivity index (χ2n) is 4.19. The summed E-state index contributed by atoms with van der Waals surface area (Å²) < 4.78 is 5.98. The average molecular weight is 254 g/mol. The van der Waals surface area contributed by atoms with Crippen LogP contribution in [0.5, 0.6) is 5.75 Å². The molecule has 1 aliphatic heterocycles. The maximum absolute atomic E-state index is 5.98. The van der Waals surface area contributed by atoms with E-state index in [0.717, 1.165) is 23.7 Å². The molecule has 0 radical (unpaired) electrons. The van der Waals surface area contributed by atoms with Crippen LogP contribution in [0.1, 0.15) is 12.0 Å². The maximum atomic E-state index is 5.98. The summed E-state index contributed by atoms with van der Waals surface area (Å²) in [5.74, 6) is 0.990. The van der Waals surface area contributed by atoms with E-state index in [1.807, 2.05) is 30.3 Å². The summed E-state index contributed by atoms with van der Waals surface area (Å²) in [5.41, 5.74) is 1.29. The van der Waals surface area contributed by atoms with Crippen molar-refractivity contribution in [1.82, 2.24) is 0 Å². The lowest BCUT2D eigenvalue weighted by atomic mass is 10.1. The number of aryl methyl sites for hydroxylation is 1. The van der Waals surface area contributed by atoms with Crippen molar-refractivity contribution < 1.29 is 4.74 Å². The predicted octanol–water partition coefficient (Wildman–Crippen LogP) is 4.65. The van der Waals surface area contributed by atoms with E-state index in [9.17, 15) is 0 Å². The van der Waals surface area contributed by atoms with Crippen LogP contribution in [0.3, 0.4) is 0 Å². The van der Waals surface area contributed by atoms with E-state index in [1.54, 1.807) is 11.8 Å². The molecule has 2 aromatic carbocycles. The Morgan fingerprint density at radius 1 is 0.889 bits per heavy atom. The Morgan fingerprint density at radius 2 is 1.67 bits per heavy atom. The predicted molar refractivity (Wildman–Crippen MR) is 75.8 cm³/mol. The summed E-state index contributed by atoms with van der Waals surface area (Å²) >= 11 is 1.68. The first-order chi connectivity index (χ1) is 8.92. The molecule has 90 valence electrons. The minimum absolute atomic E-state index is 0.978. The second-order valence-corrected chi connectivity index (χ2v) is 5.26. The summed E-state index contributed by atoms with van der Waals surface area (Å²) in [6.07, 6.45) is 4.26. The van der Waals surface area contributed by atoms with Crippen molar-refractivity contribution in [3.8, 4) is 5.75 Å². The first-order valence-electron chi connectivity index (χ1n) is 6.11. The average Bonchev–Trinajstić information content (AvgIpc) is 2.61. The summed E-state index contributed by atoms with van der Waals surface area (Å²) in [7, 11) is 0. The molecule has 0 fully saturated rings. The number of hydrogen-bond acceptors (Lipinski definition) is 2. The molecule has 0 saturated carbocycles. The van der Waals surface area contributed by atoms with Gasteiger partial charge in [-0.25, -0.2) is 0 Å². The molecule has 0 aliphatic carbocycles. The molecular weight excluding hydrogens is 240 g/mol. The van der Waals surface area contributed by atoms with Crippen molar-refractivity contribution in [2.24, 2.45) is 0 Å². The van der Waals surface area contributed by atoms with Gasteiger partial charge in [0.25, 0.3) is 0 Å². The van der Waals surface area contributed by atoms with E-state index in [2.05, 4.69) is 30.3 Å². The molecule has 2 heteroatoms. The lowest BCUT2D eigenvalue weighted by Gasteiger charge is -2.09. The minimum Gasteiger partial charge on any atom is -0.450 e. The highest BCUT2D eigenvalue weighted by atomic mass is 32.2. The van der Waals surface area contributed by atoms with Gasteiger partial charge in [0.15, 0.2) is 5.09 Å². The number of allylic oxidation sites excluding steroid dienone is 1.